The molecule has 2 atom stereocenters. The Bertz CT molecular complexity index is 946. The van der Waals surface area contributed by atoms with E-state index in [1.165, 1.54) is 0 Å². The van der Waals surface area contributed by atoms with Gasteiger partial charge < -0.3 is 14.4 Å². The topological polar surface area (TPSA) is 73.9 Å². The minimum atomic E-state index is -4.24. The van der Waals surface area contributed by atoms with E-state index in [0.29, 0.717) is 12.2 Å². The highest BCUT2D eigenvalue weighted by atomic mass is 31.2. The number of phosphoric acid groups is 1. The molecule has 2 rings (SSSR count). The molecule has 0 saturated heterocycles. The van der Waals surface area contributed by atoms with Crippen LogP contribution in [0.4, 0.5) is 0 Å². The number of rotatable bonds is 14. The summed E-state index contributed by atoms with van der Waals surface area (Å²) in [6.07, 6.45) is 2.12. The second kappa shape index (κ2) is 13.8. The molecule has 0 aliphatic carbocycles. The van der Waals surface area contributed by atoms with Crippen LogP contribution in [0.5, 0.6) is 5.75 Å². The molecule has 2 aromatic carbocycles. The molecule has 0 saturated carbocycles. The lowest BCUT2D eigenvalue weighted by molar-refractivity contribution is -0.138. The van der Waals surface area contributed by atoms with Crippen molar-refractivity contribution >= 4 is 13.8 Å². The van der Waals surface area contributed by atoms with Crippen molar-refractivity contribution in [2.45, 2.75) is 91.6 Å². The SMILES string of the molecule is CCOP(=O)(OC(=O)[C@H](Cc1ccccc1)NC(CC)CC)Oc1c(C(C)C)cccc1C(C)C. The van der Waals surface area contributed by atoms with E-state index in [2.05, 4.69) is 19.2 Å². The molecule has 0 amide bonds. The Kier molecular flexibility index (Phi) is 11.5. The molecule has 0 aliphatic heterocycles. The summed E-state index contributed by atoms with van der Waals surface area (Å²) in [6.45, 7) is 14.1. The molecule has 0 radical (unpaired) electrons. The fourth-order valence-corrected chi connectivity index (χ4v) is 5.21. The number of nitrogens with one attached hydrogen (secondary N) is 1. The van der Waals surface area contributed by atoms with Gasteiger partial charge >= 0.3 is 13.8 Å². The maximum atomic E-state index is 13.8. The van der Waals surface area contributed by atoms with E-state index in [4.69, 9.17) is 13.6 Å². The Morgan fingerprint density at radius 1 is 0.886 bits per heavy atom. The molecular weight excluding hydrogens is 461 g/mol. The second-order valence-corrected chi connectivity index (χ2v) is 10.9. The molecule has 0 heterocycles. The van der Waals surface area contributed by atoms with Crippen LogP contribution in [0.2, 0.25) is 0 Å². The van der Waals surface area contributed by atoms with Crippen molar-refractivity contribution in [3.05, 3.63) is 65.2 Å². The van der Waals surface area contributed by atoms with Gasteiger partial charge in [-0.2, -0.15) is 0 Å². The summed E-state index contributed by atoms with van der Waals surface area (Å²) in [5.41, 5.74) is 2.76. The van der Waals surface area contributed by atoms with E-state index in [1.807, 2.05) is 76.2 Å². The minimum Gasteiger partial charge on any atom is -0.394 e. The first-order valence-corrected chi connectivity index (χ1v) is 14.2. The average Bonchev–Trinajstić information content (AvgIpc) is 2.82. The zero-order valence-corrected chi connectivity index (χ0v) is 23.1. The first kappa shape index (κ1) is 29.1. The van der Waals surface area contributed by atoms with Crippen molar-refractivity contribution in [2.75, 3.05) is 6.61 Å². The fraction of sp³-hybridized carbons (Fsp3) is 0.536. The van der Waals surface area contributed by atoms with Crippen molar-refractivity contribution in [2.24, 2.45) is 0 Å². The monoisotopic (exact) mass is 503 g/mol. The van der Waals surface area contributed by atoms with Crippen LogP contribution in [0, 0.1) is 0 Å². The summed E-state index contributed by atoms with van der Waals surface area (Å²) in [4.78, 5) is 13.4. The first-order valence-electron chi connectivity index (χ1n) is 12.7. The van der Waals surface area contributed by atoms with Gasteiger partial charge in [-0.15, -0.1) is 0 Å². The lowest BCUT2D eigenvalue weighted by Gasteiger charge is -2.26. The molecule has 7 heteroatoms. The second-order valence-electron chi connectivity index (χ2n) is 9.36. The maximum Gasteiger partial charge on any atom is 0.589 e. The largest absolute Gasteiger partial charge is 0.589 e. The highest BCUT2D eigenvalue weighted by Gasteiger charge is 2.38. The van der Waals surface area contributed by atoms with Crippen molar-refractivity contribution < 1.29 is 22.9 Å². The molecule has 0 aliphatic rings. The van der Waals surface area contributed by atoms with Gasteiger partial charge in [-0.25, -0.2) is 9.36 Å². The predicted molar refractivity (Wildman–Crippen MR) is 142 cm³/mol. The Morgan fingerprint density at radius 3 is 1.94 bits per heavy atom. The Hall–Kier alpha value is -2.14. The summed E-state index contributed by atoms with van der Waals surface area (Å²) < 4.78 is 30.9. The van der Waals surface area contributed by atoms with E-state index in [0.717, 1.165) is 29.5 Å². The molecule has 1 N–H and O–H groups in total. The quantitative estimate of drug-likeness (QED) is 0.271. The summed E-state index contributed by atoms with van der Waals surface area (Å²) in [7, 11) is -4.24. The van der Waals surface area contributed by atoms with Gasteiger partial charge in [0.05, 0.1) is 6.61 Å². The van der Waals surface area contributed by atoms with Gasteiger partial charge in [0.1, 0.15) is 11.8 Å². The third-order valence-corrected chi connectivity index (χ3v) is 7.39. The molecule has 0 bridgehead atoms. The average molecular weight is 504 g/mol. The number of carbonyl (C=O) groups is 1. The zero-order valence-electron chi connectivity index (χ0n) is 22.2. The molecule has 35 heavy (non-hydrogen) atoms. The van der Waals surface area contributed by atoms with Crippen LogP contribution in [0.3, 0.4) is 0 Å². The third kappa shape index (κ3) is 8.49. The third-order valence-electron chi connectivity index (χ3n) is 6.00. The zero-order chi connectivity index (χ0) is 26.0. The molecule has 0 spiro atoms. The first-order chi connectivity index (χ1) is 16.6. The van der Waals surface area contributed by atoms with Gasteiger partial charge in [0.25, 0.3) is 0 Å². The van der Waals surface area contributed by atoms with Crippen LogP contribution in [0.25, 0.3) is 0 Å². The van der Waals surface area contributed by atoms with E-state index in [9.17, 15) is 9.36 Å². The highest BCUT2D eigenvalue weighted by Crippen LogP contribution is 2.53. The molecule has 1 unspecified atom stereocenters. The number of para-hydroxylation sites is 1. The van der Waals surface area contributed by atoms with E-state index in [-0.39, 0.29) is 24.5 Å². The van der Waals surface area contributed by atoms with Crippen LogP contribution >= 0.6 is 7.82 Å². The number of benzene rings is 2. The van der Waals surface area contributed by atoms with Gasteiger partial charge in [-0.3, -0.25) is 4.52 Å². The van der Waals surface area contributed by atoms with E-state index >= 15 is 0 Å². The van der Waals surface area contributed by atoms with Crippen LogP contribution in [-0.4, -0.2) is 24.7 Å². The Labute approximate surface area is 211 Å². The van der Waals surface area contributed by atoms with Gasteiger partial charge in [-0.05, 0) is 54.7 Å². The van der Waals surface area contributed by atoms with Gasteiger partial charge in [0, 0.05) is 6.04 Å². The molecule has 0 aromatic heterocycles. The van der Waals surface area contributed by atoms with Crippen LogP contribution in [0.15, 0.2) is 48.5 Å². The maximum absolute atomic E-state index is 13.8. The standard InChI is InChI=1S/C28H42NO5P/c1-8-23(9-2)29-26(19-22-15-12-11-13-16-22)28(30)34-35(31,32-10-3)33-27-24(20(4)5)17-14-18-25(27)21(6)7/h11-18,20-21,23,26,29H,8-10,19H2,1-7H3/t26-,35?/m0/s1. The molecule has 194 valence electrons. The van der Waals surface area contributed by atoms with Crippen molar-refractivity contribution in [1.29, 1.82) is 0 Å². The van der Waals surface area contributed by atoms with Crippen molar-refractivity contribution in [3.63, 3.8) is 0 Å². The summed E-state index contributed by atoms with van der Waals surface area (Å²) in [6, 6.07) is 15.0. The molecular formula is C28H42NO5P. The predicted octanol–water partition coefficient (Wildman–Crippen LogP) is 7.39. The van der Waals surface area contributed by atoms with Crippen LogP contribution < -0.4 is 9.84 Å². The number of hydrogen-bond acceptors (Lipinski definition) is 6. The van der Waals surface area contributed by atoms with E-state index in [1.54, 1.807) is 6.92 Å². The number of hydrogen-bond donors (Lipinski definition) is 1. The van der Waals surface area contributed by atoms with E-state index < -0.39 is 19.8 Å². The summed E-state index contributed by atoms with van der Waals surface area (Å²) in [5, 5.41) is 3.38. The fourth-order valence-electron chi connectivity index (χ4n) is 3.97. The van der Waals surface area contributed by atoms with Crippen LogP contribution in [-0.2, 0) is 24.8 Å². The Morgan fingerprint density at radius 2 is 1.46 bits per heavy atom. The molecule has 6 nitrogen and oxygen atoms in total. The summed E-state index contributed by atoms with van der Waals surface area (Å²) >= 11 is 0. The lowest BCUT2D eigenvalue weighted by Crippen LogP contribution is -2.45. The summed E-state index contributed by atoms with van der Waals surface area (Å²) in [5.74, 6) is 0.0639. The Balaban J connectivity index is 2.39. The van der Waals surface area contributed by atoms with Crippen molar-refractivity contribution in [1.82, 2.24) is 5.32 Å². The highest BCUT2D eigenvalue weighted by molar-refractivity contribution is 7.49. The lowest BCUT2D eigenvalue weighted by atomic mass is 9.94. The molecule has 2 aromatic rings. The minimum absolute atomic E-state index is 0.0781. The normalized spacial score (nSPS) is 14.2. The number of carbonyl (C=O) groups excluding carboxylic acids is 1. The molecule has 0 fully saturated rings. The van der Waals surface area contributed by atoms with Gasteiger partial charge in [0.15, 0.2) is 0 Å². The van der Waals surface area contributed by atoms with Crippen molar-refractivity contribution in [3.8, 4) is 5.75 Å². The smallest absolute Gasteiger partial charge is 0.394 e. The number of phosphoric ester groups is 1. The van der Waals surface area contributed by atoms with Crippen LogP contribution in [0.1, 0.15) is 89.8 Å². The van der Waals surface area contributed by atoms with Gasteiger partial charge in [-0.1, -0.05) is 90.1 Å². The van der Waals surface area contributed by atoms with Gasteiger partial charge in [0.2, 0.25) is 0 Å².